The number of nitrogens with two attached hydrogens (primary N) is 1. The molecule has 17 heavy (non-hydrogen) atoms. The van der Waals surface area contributed by atoms with Gasteiger partial charge in [-0.15, -0.1) is 0 Å². The minimum atomic E-state index is 0.591. The van der Waals surface area contributed by atoms with Crippen molar-refractivity contribution in [1.29, 1.82) is 0 Å². The summed E-state index contributed by atoms with van der Waals surface area (Å²) in [4.78, 5) is 5.53. The number of halogens is 1. The molecule has 0 unspecified atom stereocenters. The summed E-state index contributed by atoms with van der Waals surface area (Å²) >= 11 is 5.03. The molecule has 2 nitrogen and oxygen atoms in total. The highest BCUT2D eigenvalue weighted by Gasteiger charge is 2.02. The Hall–Kier alpha value is -0.840. The molecule has 0 amide bonds. The van der Waals surface area contributed by atoms with Crippen LogP contribution in [0.3, 0.4) is 0 Å². The fraction of sp³-hybridized carbons (Fsp3) is 0.154. The van der Waals surface area contributed by atoms with E-state index in [-0.39, 0.29) is 0 Å². The standard InChI is InChI=1S/C13H13BrN2S/c1-9-6-12(4-2-10(9)7-15)17-13-5-3-11(14)8-16-13/h2-6,8H,7,15H2,1H3. The first-order valence-electron chi connectivity index (χ1n) is 5.28. The summed E-state index contributed by atoms with van der Waals surface area (Å²) in [5.41, 5.74) is 8.07. The van der Waals surface area contributed by atoms with Gasteiger partial charge < -0.3 is 5.73 Å². The molecule has 0 spiro atoms. The molecule has 2 aromatic rings. The van der Waals surface area contributed by atoms with E-state index < -0.39 is 0 Å². The van der Waals surface area contributed by atoms with Crippen molar-refractivity contribution in [3.8, 4) is 0 Å². The molecule has 0 aliphatic rings. The smallest absolute Gasteiger partial charge is 0.101 e. The minimum absolute atomic E-state index is 0.591. The molecule has 0 aliphatic heterocycles. The quantitative estimate of drug-likeness (QED) is 0.938. The zero-order valence-electron chi connectivity index (χ0n) is 9.48. The summed E-state index contributed by atoms with van der Waals surface area (Å²) in [7, 11) is 0. The molecule has 0 saturated carbocycles. The van der Waals surface area contributed by atoms with Gasteiger partial charge in [0, 0.05) is 22.1 Å². The van der Waals surface area contributed by atoms with Gasteiger partial charge in [0.1, 0.15) is 5.03 Å². The van der Waals surface area contributed by atoms with Gasteiger partial charge in [0.2, 0.25) is 0 Å². The summed E-state index contributed by atoms with van der Waals surface area (Å²) in [5, 5.41) is 0.994. The van der Waals surface area contributed by atoms with Crippen LogP contribution in [0.5, 0.6) is 0 Å². The third kappa shape index (κ3) is 3.31. The van der Waals surface area contributed by atoms with E-state index in [4.69, 9.17) is 5.73 Å². The second kappa shape index (κ2) is 5.67. The van der Waals surface area contributed by atoms with Crippen LogP contribution in [0.1, 0.15) is 11.1 Å². The van der Waals surface area contributed by atoms with Crippen molar-refractivity contribution in [2.24, 2.45) is 5.73 Å². The molecule has 88 valence electrons. The first-order chi connectivity index (χ1) is 8.19. The van der Waals surface area contributed by atoms with Crippen LogP contribution in [-0.4, -0.2) is 4.98 Å². The Labute approximate surface area is 114 Å². The maximum absolute atomic E-state index is 5.65. The van der Waals surface area contributed by atoms with Gasteiger partial charge in [0.25, 0.3) is 0 Å². The monoisotopic (exact) mass is 308 g/mol. The summed E-state index contributed by atoms with van der Waals surface area (Å²) < 4.78 is 0.997. The Bertz CT molecular complexity index is 511. The second-order valence-corrected chi connectivity index (χ2v) is 5.72. The number of aryl methyl sites for hydroxylation is 1. The predicted octanol–water partition coefficient (Wildman–Crippen LogP) is 3.76. The van der Waals surface area contributed by atoms with Crippen molar-refractivity contribution in [2.75, 3.05) is 0 Å². The first-order valence-corrected chi connectivity index (χ1v) is 6.89. The lowest BCUT2D eigenvalue weighted by molar-refractivity contribution is 1.04. The minimum Gasteiger partial charge on any atom is -0.326 e. The molecule has 0 aliphatic carbocycles. The van der Waals surface area contributed by atoms with Gasteiger partial charge in [-0.1, -0.05) is 17.8 Å². The van der Waals surface area contributed by atoms with Crippen molar-refractivity contribution in [2.45, 2.75) is 23.4 Å². The van der Waals surface area contributed by atoms with Gasteiger partial charge in [-0.05, 0) is 58.2 Å². The van der Waals surface area contributed by atoms with Crippen molar-refractivity contribution in [1.82, 2.24) is 4.98 Å². The van der Waals surface area contributed by atoms with Gasteiger partial charge in [-0.25, -0.2) is 4.98 Å². The maximum atomic E-state index is 5.65. The molecule has 2 rings (SSSR count). The molecule has 0 atom stereocenters. The highest BCUT2D eigenvalue weighted by Crippen LogP contribution is 2.28. The van der Waals surface area contributed by atoms with Gasteiger partial charge >= 0.3 is 0 Å². The Morgan fingerprint density at radius 3 is 2.71 bits per heavy atom. The summed E-state index contributed by atoms with van der Waals surface area (Å²) in [6, 6.07) is 10.3. The van der Waals surface area contributed by atoms with Crippen molar-refractivity contribution >= 4 is 27.7 Å². The van der Waals surface area contributed by atoms with E-state index in [9.17, 15) is 0 Å². The fourth-order valence-electron chi connectivity index (χ4n) is 1.50. The van der Waals surface area contributed by atoms with E-state index in [1.807, 2.05) is 18.3 Å². The number of hydrogen-bond donors (Lipinski definition) is 1. The van der Waals surface area contributed by atoms with Crippen molar-refractivity contribution in [3.05, 3.63) is 52.1 Å². The molecule has 0 saturated heterocycles. The van der Waals surface area contributed by atoms with Crippen LogP contribution in [0, 0.1) is 6.92 Å². The van der Waals surface area contributed by atoms with Gasteiger partial charge in [0.05, 0.1) is 0 Å². The van der Waals surface area contributed by atoms with Gasteiger partial charge in [0.15, 0.2) is 0 Å². The normalized spacial score (nSPS) is 10.5. The SMILES string of the molecule is Cc1cc(Sc2ccc(Br)cn2)ccc1CN. The molecular formula is C13H13BrN2S. The van der Waals surface area contributed by atoms with Gasteiger partial charge in [-0.2, -0.15) is 0 Å². The summed E-state index contributed by atoms with van der Waals surface area (Å²) in [6.45, 7) is 2.68. The maximum Gasteiger partial charge on any atom is 0.101 e. The van der Waals surface area contributed by atoms with Crippen LogP contribution in [-0.2, 0) is 6.54 Å². The highest BCUT2D eigenvalue weighted by molar-refractivity contribution is 9.10. The van der Waals surface area contributed by atoms with E-state index in [1.54, 1.807) is 11.8 Å². The summed E-state index contributed by atoms with van der Waals surface area (Å²) in [6.07, 6.45) is 1.81. The Morgan fingerprint density at radius 1 is 1.29 bits per heavy atom. The molecule has 0 bridgehead atoms. The molecule has 1 aromatic carbocycles. The van der Waals surface area contributed by atoms with Crippen LogP contribution >= 0.6 is 27.7 Å². The van der Waals surface area contributed by atoms with E-state index in [0.29, 0.717) is 6.54 Å². The van der Waals surface area contributed by atoms with Crippen LogP contribution in [0.25, 0.3) is 0 Å². The van der Waals surface area contributed by atoms with Crippen LogP contribution in [0.2, 0.25) is 0 Å². The predicted molar refractivity (Wildman–Crippen MR) is 75.1 cm³/mol. The highest BCUT2D eigenvalue weighted by atomic mass is 79.9. The van der Waals surface area contributed by atoms with Crippen LogP contribution < -0.4 is 5.73 Å². The van der Waals surface area contributed by atoms with Crippen LogP contribution in [0.4, 0.5) is 0 Å². The average molecular weight is 309 g/mol. The number of aromatic nitrogens is 1. The number of rotatable bonds is 3. The van der Waals surface area contributed by atoms with E-state index in [2.05, 4.69) is 46.0 Å². The molecule has 0 fully saturated rings. The van der Waals surface area contributed by atoms with Gasteiger partial charge in [-0.3, -0.25) is 0 Å². The third-order valence-electron chi connectivity index (χ3n) is 2.46. The first kappa shape index (κ1) is 12.6. The molecule has 1 aromatic heterocycles. The largest absolute Gasteiger partial charge is 0.326 e. The van der Waals surface area contributed by atoms with Crippen molar-refractivity contribution in [3.63, 3.8) is 0 Å². The zero-order valence-corrected chi connectivity index (χ0v) is 11.9. The molecule has 1 heterocycles. The van der Waals surface area contributed by atoms with E-state index >= 15 is 0 Å². The van der Waals surface area contributed by atoms with Crippen LogP contribution in [0.15, 0.2) is 50.9 Å². The molecule has 0 radical (unpaired) electrons. The lowest BCUT2D eigenvalue weighted by Gasteiger charge is -2.06. The zero-order chi connectivity index (χ0) is 12.3. The molecule has 4 heteroatoms. The van der Waals surface area contributed by atoms with E-state index in [0.717, 1.165) is 9.50 Å². The van der Waals surface area contributed by atoms with Crippen molar-refractivity contribution < 1.29 is 0 Å². The molecule has 2 N–H and O–H groups in total. The topological polar surface area (TPSA) is 38.9 Å². The number of hydrogen-bond acceptors (Lipinski definition) is 3. The Balaban J connectivity index is 2.19. The fourth-order valence-corrected chi connectivity index (χ4v) is 2.59. The lowest BCUT2D eigenvalue weighted by atomic mass is 10.1. The number of benzene rings is 1. The third-order valence-corrected chi connectivity index (χ3v) is 3.87. The number of nitrogens with zero attached hydrogens (tertiary/aromatic N) is 1. The lowest BCUT2D eigenvalue weighted by Crippen LogP contribution is -1.98. The summed E-state index contributed by atoms with van der Waals surface area (Å²) in [5.74, 6) is 0. The Kier molecular flexibility index (Phi) is 4.20. The molecular weight excluding hydrogens is 296 g/mol. The van der Waals surface area contributed by atoms with E-state index in [1.165, 1.54) is 16.0 Å². The average Bonchev–Trinajstić information content (AvgIpc) is 2.32. The second-order valence-electron chi connectivity index (χ2n) is 3.71. The Morgan fingerprint density at radius 2 is 2.12 bits per heavy atom. The number of pyridine rings is 1.